The zero-order valence-corrected chi connectivity index (χ0v) is 16.3. The second-order valence-electron chi connectivity index (χ2n) is 5.54. The van der Waals surface area contributed by atoms with Crippen LogP contribution in [0.15, 0.2) is 64.4 Å². The number of thiocarbonyl (C=S) groups is 1. The lowest BCUT2D eigenvalue weighted by atomic mass is 10.1. The number of halogens is 3. The maximum atomic E-state index is 12.6. The minimum atomic E-state index is -4.46. The number of thioether (sulfide) groups is 1. The molecule has 0 atom stereocenters. The molecule has 3 rings (SSSR count). The second kappa shape index (κ2) is 7.66. The minimum absolute atomic E-state index is 0.0392. The van der Waals surface area contributed by atoms with Crippen molar-refractivity contribution < 1.29 is 26.4 Å². The van der Waals surface area contributed by atoms with Crippen LogP contribution < -0.4 is 4.83 Å². The molecule has 28 heavy (non-hydrogen) atoms. The van der Waals surface area contributed by atoms with Crippen LogP contribution in [0, 0.1) is 0 Å². The monoisotopic (exact) mass is 444 g/mol. The summed E-state index contributed by atoms with van der Waals surface area (Å²) in [5.74, 6) is -0.714. The number of carbonyl (C=O) groups excluding carboxylic acids is 1. The van der Waals surface area contributed by atoms with Crippen molar-refractivity contribution in [3.05, 3.63) is 70.6 Å². The van der Waals surface area contributed by atoms with Gasteiger partial charge in [-0.15, -0.1) is 4.83 Å². The Bertz CT molecular complexity index is 1050. The molecule has 5 nitrogen and oxygen atoms in total. The molecule has 1 fully saturated rings. The number of benzene rings is 2. The number of nitrogens with zero attached hydrogens (tertiary/aromatic N) is 1. The molecule has 1 N–H and O–H groups in total. The van der Waals surface area contributed by atoms with Gasteiger partial charge in [-0.2, -0.15) is 13.2 Å². The van der Waals surface area contributed by atoms with Gasteiger partial charge in [-0.1, -0.05) is 54.3 Å². The summed E-state index contributed by atoms with van der Waals surface area (Å²) >= 11 is 5.89. The predicted octanol–water partition coefficient (Wildman–Crippen LogP) is 3.80. The van der Waals surface area contributed by atoms with Crippen LogP contribution in [0.4, 0.5) is 13.2 Å². The molecule has 0 unspecified atom stereocenters. The Hall–Kier alpha value is -2.21. The maximum Gasteiger partial charge on any atom is 0.416 e. The lowest BCUT2D eigenvalue weighted by molar-refractivity contribution is -0.137. The zero-order valence-electron chi connectivity index (χ0n) is 13.8. The Morgan fingerprint density at radius 1 is 1.04 bits per heavy atom. The summed E-state index contributed by atoms with van der Waals surface area (Å²) in [5, 5.41) is 0.720. The summed E-state index contributed by atoms with van der Waals surface area (Å²) in [6, 6.07) is 11.6. The summed E-state index contributed by atoms with van der Waals surface area (Å²) in [6.07, 6.45) is -3.12. The topological polar surface area (TPSA) is 66.5 Å². The van der Waals surface area contributed by atoms with Crippen molar-refractivity contribution in [1.29, 1.82) is 0 Å². The van der Waals surface area contributed by atoms with Gasteiger partial charge in [0, 0.05) is 0 Å². The van der Waals surface area contributed by atoms with Crippen molar-refractivity contribution in [3.63, 3.8) is 0 Å². The van der Waals surface area contributed by atoms with Crippen molar-refractivity contribution >= 4 is 50.3 Å². The molecule has 11 heteroatoms. The van der Waals surface area contributed by atoms with Crippen molar-refractivity contribution in [1.82, 2.24) is 9.84 Å². The Kier molecular flexibility index (Phi) is 5.62. The molecule has 1 aliphatic heterocycles. The van der Waals surface area contributed by atoms with E-state index in [1.807, 2.05) is 0 Å². The fraction of sp³-hybridized carbons (Fsp3) is 0.0588. The predicted molar refractivity (Wildman–Crippen MR) is 103 cm³/mol. The van der Waals surface area contributed by atoms with E-state index in [1.165, 1.54) is 42.5 Å². The Morgan fingerprint density at radius 3 is 2.21 bits per heavy atom. The van der Waals surface area contributed by atoms with Gasteiger partial charge in [0.05, 0.1) is 15.4 Å². The number of amides is 1. The van der Waals surface area contributed by atoms with Crippen LogP contribution in [0.25, 0.3) is 6.08 Å². The molecule has 1 saturated heterocycles. The van der Waals surface area contributed by atoms with Gasteiger partial charge in [-0.05, 0) is 35.9 Å². The Balaban J connectivity index is 1.81. The molecule has 0 aromatic heterocycles. The van der Waals surface area contributed by atoms with Crippen molar-refractivity contribution in [3.8, 4) is 0 Å². The molecule has 146 valence electrons. The quantitative estimate of drug-likeness (QED) is 0.574. The number of hydrogen-bond acceptors (Lipinski definition) is 5. The van der Waals surface area contributed by atoms with Crippen LogP contribution in [-0.2, 0) is 21.0 Å². The molecule has 0 spiro atoms. The lowest BCUT2D eigenvalue weighted by Gasteiger charge is -2.15. The smallest absolute Gasteiger partial charge is 0.267 e. The van der Waals surface area contributed by atoms with Gasteiger partial charge in [0.15, 0.2) is 4.32 Å². The Morgan fingerprint density at radius 2 is 1.64 bits per heavy atom. The van der Waals surface area contributed by atoms with E-state index < -0.39 is 27.7 Å². The van der Waals surface area contributed by atoms with Crippen molar-refractivity contribution in [2.24, 2.45) is 0 Å². The standard InChI is InChI=1S/C17H11F3N2O3S3/c18-17(19,20)12-8-6-11(7-9-12)10-14-15(23)22(16(26)27-14)21-28(24,25)13-4-2-1-3-5-13/h1-10,21H/b14-10-. The van der Waals surface area contributed by atoms with E-state index >= 15 is 0 Å². The van der Waals surface area contributed by atoms with Gasteiger partial charge < -0.3 is 0 Å². The highest BCUT2D eigenvalue weighted by atomic mass is 32.2. The number of nitrogens with one attached hydrogen (secondary N) is 1. The van der Waals surface area contributed by atoms with Crippen molar-refractivity contribution in [2.75, 3.05) is 0 Å². The molecule has 0 aliphatic carbocycles. The average Bonchev–Trinajstić information content (AvgIpc) is 2.89. The average molecular weight is 444 g/mol. The molecule has 2 aromatic rings. The fourth-order valence-corrected chi connectivity index (χ4v) is 4.57. The molecule has 0 saturated carbocycles. The number of rotatable bonds is 4. The number of sulfonamides is 1. The molecular formula is C17H11F3N2O3S3. The maximum absolute atomic E-state index is 12.6. The Labute approximate surface area is 168 Å². The summed E-state index contributed by atoms with van der Waals surface area (Å²) in [6.45, 7) is 0. The van der Waals surface area contributed by atoms with Crippen LogP contribution in [0.3, 0.4) is 0 Å². The first-order valence-corrected chi connectivity index (χ1v) is 10.3. The summed E-state index contributed by atoms with van der Waals surface area (Å²) in [7, 11) is -4.03. The van der Waals surface area contributed by atoms with E-state index in [-0.39, 0.29) is 14.1 Å². The van der Waals surface area contributed by atoms with Crippen LogP contribution in [-0.4, -0.2) is 23.7 Å². The highest BCUT2D eigenvalue weighted by Gasteiger charge is 2.35. The number of carbonyl (C=O) groups is 1. The van der Waals surface area contributed by atoms with E-state index in [0.717, 1.165) is 28.9 Å². The second-order valence-corrected chi connectivity index (χ2v) is 8.88. The van der Waals surface area contributed by atoms with E-state index in [2.05, 4.69) is 4.83 Å². The summed E-state index contributed by atoms with van der Waals surface area (Å²) in [4.78, 5) is 14.7. The fourth-order valence-electron chi connectivity index (χ4n) is 2.24. The molecule has 0 radical (unpaired) electrons. The molecular weight excluding hydrogens is 433 g/mol. The van der Waals surface area contributed by atoms with E-state index in [4.69, 9.17) is 12.2 Å². The number of hydrogen-bond donors (Lipinski definition) is 1. The molecule has 0 bridgehead atoms. The van der Waals surface area contributed by atoms with E-state index in [1.54, 1.807) is 6.07 Å². The van der Waals surface area contributed by atoms with Gasteiger partial charge in [-0.3, -0.25) is 4.79 Å². The number of hydrazine groups is 1. The first-order chi connectivity index (χ1) is 13.1. The SMILES string of the molecule is O=C1/C(=C/c2ccc(C(F)(F)F)cc2)SC(=S)N1NS(=O)(=O)c1ccccc1. The van der Waals surface area contributed by atoms with Gasteiger partial charge in [0.25, 0.3) is 15.9 Å². The lowest BCUT2D eigenvalue weighted by Crippen LogP contribution is -2.44. The van der Waals surface area contributed by atoms with E-state index in [9.17, 15) is 26.4 Å². The van der Waals surface area contributed by atoms with Crippen LogP contribution in [0.5, 0.6) is 0 Å². The summed E-state index contributed by atoms with van der Waals surface area (Å²) in [5.41, 5.74) is -0.466. The number of alkyl halides is 3. The minimum Gasteiger partial charge on any atom is -0.267 e. The van der Waals surface area contributed by atoms with Gasteiger partial charge in [0.1, 0.15) is 0 Å². The first-order valence-electron chi connectivity index (χ1n) is 7.61. The molecule has 1 aliphatic rings. The third-order valence-electron chi connectivity index (χ3n) is 3.59. The van der Waals surface area contributed by atoms with Gasteiger partial charge in [-0.25, -0.2) is 13.4 Å². The third-order valence-corrected chi connectivity index (χ3v) is 6.21. The van der Waals surface area contributed by atoms with Gasteiger partial charge in [0.2, 0.25) is 0 Å². The zero-order chi connectivity index (χ0) is 20.5. The first kappa shape index (κ1) is 20.5. The normalized spacial score (nSPS) is 16.8. The van der Waals surface area contributed by atoms with Crippen LogP contribution in [0.2, 0.25) is 0 Å². The largest absolute Gasteiger partial charge is 0.416 e. The molecule has 1 amide bonds. The molecule has 1 heterocycles. The van der Waals surface area contributed by atoms with Crippen LogP contribution in [0.1, 0.15) is 11.1 Å². The van der Waals surface area contributed by atoms with Gasteiger partial charge >= 0.3 is 6.18 Å². The van der Waals surface area contributed by atoms with Crippen molar-refractivity contribution in [2.45, 2.75) is 11.1 Å². The van der Waals surface area contributed by atoms with Crippen LogP contribution >= 0.6 is 24.0 Å². The van der Waals surface area contributed by atoms with E-state index in [0.29, 0.717) is 5.56 Å². The highest BCUT2D eigenvalue weighted by Crippen LogP contribution is 2.33. The third kappa shape index (κ3) is 4.43. The molecule has 2 aromatic carbocycles. The highest BCUT2D eigenvalue weighted by molar-refractivity contribution is 8.26. The summed E-state index contributed by atoms with van der Waals surface area (Å²) < 4.78 is 62.6.